The summed E-state index contributed by atoms with van der Waals surface area (Å²) in [5, 5.41) is 0.380. The molecule has 1 aliphatic rings. The Balaban J connectivity index is 0.00000242. The number of ether oxygens (including phenoxy) is 3. The molecule has 0 aliphatic carbocycles. The van der Waals surface area contributed by atoms with E-state index in [1.165, 1.54) is 13.2 Å². The van der Waals surface area contributed by atoms with Crippen LogP contribution in [0.5, 0.6) is 0 Å². The standard InChI is InChI=1S/C14H14ClNO5.BrH/c1-19-10-6-11(17)20-14(10)13(21-12(18)7-16)8-4-2-3-5-9(8)15;/h2-6,13-14H,7,16H2,1H3;1H. The third-order valence-corrected chi connectivity index (χ3v) is 3.28. The lowest BCUT2D eigenvalue weighted by molar-refractivity contribution is -0.161. The predicted molar refractivity (Wildman–Crippen MR) is 84.6 cm³/mol. The van der Waals surface area contributed by atoms with Crippen molar-refractivity contribution in [3.8, 4) is 0 Å². The predicted octanol–water partition coefficient (Wildman–Crippen LogP) is 1.92. The zero-order valence-electron chi connectivity index (χ0n) is 11.7. The average molecular weight is 393 g/mol. The summed E-state index contributed by atoms with van der Waals surface area (Å²) >= 11 is 6.13. The van der Waals surface area contributed by atoms with Crippen LogP contribution in [0, 0.1) is 0 Å². The molecule has 0 bridgehead atoms. The molecule has 2 rings (SSSR count). The monoisotopic (exact) mass is 391 g/mol. The zero-order valence-corrected chi connectivity index (χ0v) is 14.1. The summed E-state index contributed by atoms with van der Waals surface area (Å²) in [6.07, 6.45) is -0.615. The number of benzene rings is 1. The van der Waals surface area contributed by atoms with Crippen molar-refractivity contribution in [3.63, 3.8) is 0 Å². The summed E-state index contributed by atoms with van der Waals surface area (Å²) in [6, 6.07) is 6.79. The molecule has 0 fully saturated rings. The molecule has 1 heterocycles. The van der Waals surface area contributed by atoms with Gasteiger partial charge in [0, 0.05) is 10.6 Å². The van der Waals surface area contributed by atoms with Crippen molar-refractivity contribution < 1.29 is 23.8 Å². The number of carbonyl (C=O) groups is 2. The van der Waals surface area contributed by atoms with Crippen LogP contribution < -0.4 is 5.73 Å². The third kappa shape index (κ3) is 4.00. The fourth-order valence-electron chi connectivity index (χ4n) is 1.99. The highest BCUT2D eigenvalue weighted by atomic mass is 79.9. The van der Waals surface area contributed by atoms with Crippen molar-refractivity contribution >= 4 is 40.5 Å². The molecular formula is C14H15BrClNO5. The number of hydrogen-bond donors (Lipinski definition) is 1. The molecule has 0 radical (unpaired) electrons. The van der Waals surface area contributed by atoms with Crippen LogP contribution in [0.15, 0.2) is 36.1 Å². The first-order valence-electron chi connectivity index (χ1n) is 6.17. The molecule has 1 aliphatic heterocycles. The van der Waals surface area contributed by atoms with Crippen LogP contribution in [0.1, 0.15) is 11.7 Å². The number of cyclic esters (lactones) is 1. The van der Waals surface area contributed by atoms with Gasteiger partial charge in [-0.2, -0.15) is 0 Å². The Bertz CT molecular complexity index is 592. The van der Waals surface area contributed by atoms with Crippen LogP contribution in [-0.4, -0.2) is 31.7 Å². The molecular weight excluding hydrogens is 378 g/mol. The Hall–Kier alpha value is -1.57. The average Bonchev–Trinajstić information content (AvgIpc) is 2.86. The number of methoxy groups -OCH3 is 1. The van der Waals surface area contributed by atoms with E-state index in [9.17, 15) is 9.59 Å². The lowest BCUT2D eigenvalue weighted by Gasteiger charge is -2.25. The van der Waals surface area contributed by atoms with Gasteiger partial charge in [0.05, 0.1) is 19.7 Å². The lowest BCUT2D eigenvalue weighted by Crippen LogP contribution is -2.29. The Morgan fingerprint density at radius 2 is 2.14 bits per heavy atom. The molecule has 0 aromatic heterocycles. The highest BCUT2D eigenvalue weighted by Crippen LogP contribution is 2.35. The maximum Gasteiger partial charge on any atom is 0.335 e. The summed E-state index contributed by atoms with van der Waals surface area (Å²) in [7, 11) is 1.40. The van der Waals surface area contributed by atoms with E-state index in [1.807, 2.05) is 0 Å². The Morgan fingerprint density at radius 1 is 1.45 bits per heavy atom. The zero-order chi connectivity index (χ0) is 15.4. The second-order valence-corrected chi connectivity index (χ2v) is 4.65. The molecule has 0 saturated heterocycles. The SMILES string of the molecule is Br.COC1=CC(=O)OC1C(OC(=O)CN)c1ccccc1Cl. The summed E-state index contributed by atoms with van der Waals surface area (Å²) in [4.78, 5) is 23.0. The second kappa shape index (κ2) is 8.17. The van der Waals surface area contributed by atoms with Gasteiger partial charge in [-0.3, -0.25) is 4.79 Å². The molecule has 0 amide bonds. The fourth-order valence-corrected chi connectivity index (χ4v) is 2.23. The molecule has 120 valence electrons. The number of carbonyl (C=O) groups excluding carboxylic acids is 2. The van der Waals surface area contributed by atoms with Crippen molar-refractivity contribution in [1.82, 2.24) is 0 Å². The summed E-state index contributed by atoms with van der Waals surface area (Å²) in [5.41, 5.74) is 5.77. The van der Waals surface area contributed by atoms with E-state index in [1.54, 1.807) is 24.3 Å². The molecule has 2 unspecified atom stereocenters. The first-order chi connectivity index (χ1) is 10.1. The van der Waals surface area contributed by atoms with E-state index in [-0.39, 0.29) is 29.3 Å². The van der Waals surface area contributed by atoms with Gasteiger partial charge < -0.3 is 19.9 Å². The van der Waals surface area contributed by atoms with Crippen LogP contribution >= 0.6 is 28.6 Å². The smallest absolute Gasteiger partial charge is 0.335 e. The summed E-state index contributed by atoms with van der Waals surface area (Å²) < 4.78 is 15.5. The van der Waals surface area contributed by atoms with Crippen LogP contribution in [-0.2, 0) is 23.8 Å². The highest BCUT2D eigenvalue weighted by Gasteiger charge is 2.39. The van der Waals surface area contributed by atoms with Crippen LogP contribution in [0.2, 0.25) is 5.02 Å². The van der Waals surface area contributed by atoms with Crippen LogP contribution in [0.3, 0.4) is 0 Å². The third-order valence-electron chi connectivity index (χ3n) is 2.93. The molecule has 2 N–H and O–H groups in total. The van der Waals surface area contributed by atoms with Gasteiger partial charge in [-0.25, -0.2) is 4.79 Å². The topological polar surface area (TPSA) is 87.9 Å². The lowest BCUT2D eigenvalue weighted by atomic mass is 10.0. The van der Waals surface area contributed by atoms with Crippen molar-refractivity contribution in [2.45, 2.75) is 12.2 Å². The summed E-state index contributed by atoms with van der Waals surface area (Å²) in [6.45, 7) is -0.298. The normalized spacial score (nSPS) is 17.9. The Morgan fingerprint density at radius 3 is 2.73 bits per heavy atom. The molecule has 8 heteroatoms. The number of nitrogens with two attached hydrogens (primary N) is 1. The van der Waals surface area contributed by atoms with Gasteiger partial charge in [-0.15, -0.1) is 17.0 Å². The maximum atomic E-state index is 11.5. The van der Waals surface area contributed by atoms with Gasteiger partial charge >= 0.3 is 11.9 Å². The largest absolute Gasteiger partial charge is 0.497 e. The second-order valence-electron chi connectivity index (χ2n) is 4.24. The van der Waals surface area contributed by atoms with E-state index in [0.717, 1.165) is 0 Å². The number of esters is 2. The van der Waals surface area contributed by atoms with E-state index in [4.69, 9.17) is 31.5 Å². The quantitative estimate of drug-likeness (QED) is 0.770. The number of hydrogen-bond acceptors (Lipinski definition) is 6. The minimum Gasteiger partial charge on any atom is -0.497 e. The minimum absolute atomic E-state index is 0. The molecule has 1 aromatic rings. The molecule has 0 spiro atoms. The Labute approximate surface area is 142 Å². The maximum absolute atomic E-state index is 11.5. The highest BCUT2D eigenvalue weighted by molar-refractivity contribution is 8.93. The van der Waals surface area contributed by atoms with Crippen molar-refractivity contribution in [2.24, 2.45) is 5.73 Å². The van der Waals surface area contributed by atoms with Crippen LogP contribution in [0.4, 0.5) is 0 Å². The van der Waals surface area contributed by atoms with E-state index < -0.39 is 24.1 Å². The van der Waals surface area contributed by atoms with Crippen molar-refractivity contribution in [3.05, 3.63) is 46.7 Å². The first kappa shape index (κ1) is 18.5. The molecule has 0 saturated carbocycles. The van der Waals surface area contributed by atoms with Crippen molar-refractivity contribution in [2.75, 3.05) is 13.7 Å². The summed E-state index contributed by atoms with van der Waals surface area (Å²) in [5.74, 6) is -0.953. The first-order valence-corrected chi connectivity index (χ1v) is 6.54. The molecule has 2 atom stereocenters. The molecule has 22 heavy (non-hydrogen) atoms. The van der Waals surface area contributed by atoms with Gasteiger partial charge in [-0.05, 0) is 6.07 Å². The van der Waals surface area contributed by atoms with E-state index in [2.05, 4.69) is 0 Å². The van der Waals surface area contributed by atoms with Gasteiger partial charge in [0.15, 0.2) is 12.2 Å². The minimum atomic E-state index is -0.924. The van der Waals surface area contributed by atoms with E-state index in [0.29, 0.717) is 10.6 Å². The van der Waals surface area contributed by atoms with Gasteiger partial charge in [0.25, 0.3) is 0 Å². The Kier molecular flexibility index (Phi) is 6.86. The molecule has 6 nitrogen and oxygen atoms in total. The van der Waals surface area contributed by atoms with Crippen molar-refractivity contribution in [1.29, 1.82) is 0 Å². The van der Waals surface area contributed by atoms with E-state index >= 15 is 0 Å². The van der Waals surface area contributed by atoms with Gasteiger partial charge in [0.1, 0.15) is 5.76 Å². The molecule has 1 aromatic carbocycles. The van der Waals surface area contributed by atoms with Crippen LogP contribution in [0.25, 0.3) is 0 Å². The van der Waals surface area contributed by atoms with Gasteiger partial charge in [-0.1, -0.05) is 29.8 Å². The number of halogens is 2. The van der Waals surface area contributed by atoms with Gasteiger partial charge in [0.2, 0.25) is 0 Å². The number of rotatable bonds is 5. The fraction of sp³-hybridized carbons (Fsp3) is 0.286.